The highest BCUT2D eigenvalue weighted by Crippen LogP contribution is 2.21. The number of methoxy groups -OCH3 is 1. The molecular weight excluding hydrogens is 320 g/mol. The fourth-order valence-electron chi connectivity index (χ4n) is 2.22. The summed E-state index contributed by atoms with van der Waals surface area (Å²) in [4.78, 5) is 6.18. The molecule has 1 aromatic heterocycles. The fourth-order valence-corrected chi connectivity index (χ4v) is 2.22. The van der Waals surface area contributed by atoms with Crippen molar-refractivity contribution < 1.29 is 14.0 Å². The van der Waals surface area contributed by atoms with Gasteiger partial charge in [0.25, 0.3) is 11.7 Å². The molecule has 0 aliphatic rings. The highest BCUT2D eigenvalue weighted by molar-refractivity contribution is 5.72. The third-order valence-corrected chi connectivity index (χ3v) is 3.63. The Morgan fingerprint density at radius 2 is 1.76 bits per heavy atom. The zero-order valence-electron chi connectivity index (χ0n) is 14.2. The van der Waals surface area contributed by atoms with E-state index in [9.17, 15) is 5.21 Å². The molecule has 0 saturated heterocycles. The van der Waals surface area contributed by atoms with Gasteiger partial charge < -0.3 is 19.4 Å². The Morgan fingerprint density at radius 1 is 1.08 bits per heavy atom. The topological polar surface area (TPSA) is 77.5 Å². The molecule has 0 atom stereocenters. The van der Waals surface area contributed by atoms with Crippen molar-refractivity contribution in [3.63, 3.8) is 0 Å². The van der Waals surface area contributed by atoms with Gasteiger partial charge in [-0.3, -0.25) is 0 Å². The molecule has 0 radical (unpaired) electrons. The maximum absolute atomic E-state index is 12.2. The number of aromatic nitrogens is 2. The van der Waals surface area contributed by atoms with Crippen LogP contribution in [0.15, 0.2) is 53.1 Å². The first kappa shape index (κ1) is 16.5. The molecule has 0 N–H and O–H groups in total. The normalized spacial score (nSPS) is 11.4. The van der Waals surface area contributed by atoms with Crippen LogP contribution in [0.3, 0.4) is 0 Å². The molecule has 3 rings (SSSR count). The SMILES string of the molecule is COc1ccc(-c2nc(/C=[N+](\[O-])c3ccc(N(C)C)cc3)no2)cc1. The fraction of sp³-hybridized carbons (Fsp3) is 0.167. The molecule has 7 heteroatoms. The molecule has 0 unspecified atom stereocenters. The summed E-state index contributed by atoms with van der Waals surface area (Å²) in [5.74, 6) is 1.28. The van der Waals surface area contributed by atoms with Crippen LogP contribution in [0.1, 0.15) is 5.82 Å². The van der Waals surface area contributed by atoms with Crippen molar-refractivity contribution in [1.82, 2.24) is 10.1 Å². The van der Waals surface area contributed by atoms with Gasteiger partial charge in [0.1, 0.15) is 5.75 Å². The summed E-state index contributed by atoms with van der Waals surface area (Å²) in [6.45, 7) is 0. The summed E-state index contributed by atoms with van der Waals surface area (Å²) in [7, 11) is 5.48. The van der Waals surface area contributed by atoms with Gasteiger partial charge in [-0.15, -0.1) is 0 Å². The monoisotopic (exact) mass is 338 g/mol. The number of ether oxygens (including phenoxy) is 1. The average Bonchev–Trinajstić information content (AvgIpc) is 3.10. The minimum absolute atomic E-state index is 0.206. The summed E-state index contributed by atoms with van der Waals surface area (Å²) in [6, 6.07) is 14.4. The molecular formula is C18H18N4O3. The van der Waals surface area contributed by atoms with Crippen LogP contribution in [0.5, 0.6) is 5.75 Å². The van der Waals surface area contributed by atoms with Crippen molar-refractivity contribution in [2.45, 2.75) is 0 Å². The van der Waals surface area contributed by atoms with Crippen LogP contribution in [0, 0.1) is 5.21 Å². The van der Waals surface area contributed by atoms with E-state index in [2.05, 4.69) is 10.1 Å². The zero-order chi connectivity index (χ0) is 17.8. The number of anilines is 1. The van der Waals surface area contributed by atoms with Gasteiger partial charge in [0.05, 0.1) is 7.11 Å². The van der Waals surface area contributed by atoms with Gasteiger partial charge in [-0.25, -0.2) is 0 Å². The van der Waals surface area contributed by atoms with Crippen LogP contribution in [0.2, 0.25) is 0 Å². The predicted molar refractivity (Wildman–Crippen MR) is 95.5 cm³/mol. The van der Waals surface area contributed by atoms with Crippen molar-refractivity contribution in [2.24, 2.45) is 0 Å². The number of hydrogen-bond donors (Lipinski definition) is 0. The molecule has 3 aromatic rings. The summed E-state index contributed by atoms with van der Waals surface area (Å²) >= 11 is 0. The first-order chi connectivity index (χ1) is 12.1. The Hall–Kier alpha value is -3.35. The van der Waals surface area contributed by atoms with Crippen LogP contribution in [0.4, 0.5) is 11.4 Å². The quantitative estimate of drug-likeness (QED) is 0.308. The van der Waals surface area contributed by atoms with E-state index in [0.717, 1.165) is 17.0 Å². The Balaban J connectivity index is 1.80. The number of hydrogen-bond acceptors (Lipinski definition) is 6. The molecule has 0 saturated carbocycles. The molecule has 0 spiro atoms. The van der Waals surface area contributed by atoms with Gasteiger partial charge in [0.15, 0.2) is 0 Å². The smallest absolute Gasteiger partial charge is 0.261 e. The lowest BCUT2D eigenvalue weighted by Crippen LogP contribution is -2.08. The second-order valence-electron chi connectivity index (χ2n) is 5.55. The molecule has 0 aliphatic carbocycles. The van der Waals surface area contributed by atoms with E-state index >= 15 is 0 Å². The molecule has 128 valence electrons. The van der Waals surface area contributed by atoms with Crippen molar-refractivity contribution in [2.75, 3.05) is 26.1 Å². The Labute approximate surface area is 145 Å². The van der Waals surface area contributed by atoms with Gasteiger partial charge in [0, 0.05) is 37.5 Å². The third kappa shape index (κ3) is 3.77. The van der Waals surface area contributed by atoms with Gasteiger partial charge in [-0.1, -0.05) is 5.16 Å². The second kappa shape index (κ2) is 7.04. The molecule has 1 heterocycles. The summed E-state index contributed by atoms with van der Waals surface area (Å²) in [6.07, 6.45) is 1.28. The first-order valence-corrected chi connectivity index (χ1v) is 7.63. The maximum Gasteiger partial charge on any atom is 0.261 e. The summed E-state index contributed by atoms with van der Waals surface area (Å²) in [5, 5.41) is 16.1. The van der Waals surface area contributed by atoms with E-state index in [0.29, 0.717) is 16.3 Å². The minimum atomic E-state index is 0.206. The summed E-state index contributed by atoms with van der Waals surface area (Å²) < 4.78 is 11.0. The lowest BCUT2D eigenvalue weighted by atomic mass is 10.2. The largest absolute Gasteiger partial charge is 0.618 e. The molecule has 0 fully saturated rings. The van der Waals surface area contributed by atoms with E-state index in [1.54, 1.807) is 31.4 Å². The van der Waals surface area contributed by atoms with Crippen LogP contribution < -0.4 is 9.64 Å². The van der Waals surface area contributed by atoms with E-state index in [-0.39, 0.29) is 5.82 Å². The van der Waals surface area contributed by atoms with Crippen LogP contribution in [0.25, 0.3) is 11.5 Å². The molecule has 0 aliphatic heterocycles. The molecule has 7 nitrogen and oxygen atoms in total. The van der Waals surface area contributed by atoms with E-state index in [4.69, 9.17) is 9.26 Å². The Bertz CT molecular complexity index is 868. The molecule has 25 heavy (non-hydrogen) atoms. The molecule has 2 aromatic carbocycles. The van der Waals surface area contributed by atoms with Gasteiger partial charge in [-0.2, -0.15) is 9.72 Å². The number of benzene rings is 2. The molecule has 0 amide bonds. The van der Waals surface area contributed by atoms with Gasteiger partial charge in [0.2, 0.25) is 11.9 Å². The van der Waals surface area contributed by atoms with Crippen molar-refractivity contribution in [3.8, 4) is 17.2 Å². The highest BCUT2D eigenvalue weighted by Gasteiger charge is 2.11. The molecule has 0 bridgehead atoms. The predicted octanol–water partition coefficient (Wildman–Crippen LogP) is 3.07. The van der Waals surface area contributed by atoms with E-state index in [1.165, 1.54) is 6.21 Å². The highest BCUT2D eigenvalue weighted by atomic mass is 16.5. The van der Waals surface area contributed by atoms with Crippen molar-refractivity contribution >= 4 is 17.6 Å². The van der Waals surface area contributed by atoms with Gasteiger partial charge in [-0.05, 0) is 36.4 Å². The Kier molecular flexibility index (Phi) is 4.65. The lowest BCUT2D eigenvalue weighted by Gasteiger charge is -2.11. The maximum atomic E-state index is 12.2. The number of rotatable bonds is 5. The standard InChI is InChI=1S/C18H18N4O3/c1-21(2)14-6-8-15(9-7-14)22(23)12-17-19-18(25-20-17)13-4-10-16(24-3)11-5-13/h4-12H,1-3H3/b22-12-. The van der Waals surface area contributed by atoms with E-state index in [1.807, 2.05) is 43.3 Å². The van der Waals surface area contributed by atoms with E-state index < -0.39 is 0 Å². The first-order valence-electron chi connectivity index (χ1n) is 7.63. The Morgan fingerprint density at radius 3 is 2.36 bits per heavy atom. The van der Waals surface area contributed by atoms with Crippen molar-refractivity contribution in [3.05, 3.63) is 59.6 Å². The van der Waals surface area contributed by atoms with Crippen LogP contribution in [-0.4, -0.2) is 42.3 Å². The van der Waals surface area contributed by atoms with Gasteiger partial charge >= 0.3 is 0 Å². The third-order valence-electron chi connectivity index (χ3n) is 3.63. The zero-order valence-corrected chi connectivity index (χ0v) is 14.2. The lowest BCUT2D eigenvalue weighted by molar-refractivity contribution is -0.354. The minimum Gasteiger partial charge on any atom is -0.618 e. The van der Waals surface area contributed by atoms with Crippen LogP contribution in [-0.2, 0) is 0 Å². The van der Waals surface area contributed by atoms with Crippen LogP contribution >= 0.6 is 0 Å². The summed E-state index contributed by atoms with van der Waals surface area (Å²) in [5.41, 5.74) is 2.25. The van der Waals surface area contributed by atoms with Crippen molar-refractivity contribution in [1.29, 1.82) is 0 Å². The second-order valence-corrected chi connectivity index (χ2v) is 5.55. The average molecular weight is 338 g/mol. The number of nitrogens with zero attached hydrogens (tertiary/aromatic N) is 4.